The lowest BCUT2D eigenvalue weighted by Crippen LogP contribution is -2.34. The van der Waals surface area contributed by atoms with Crippen molar-refractivity contribution < 1.29 is 4.79 Å². The Balaban J connectivity index is 1.62. The number of anilines is 1. The van der Waals surface area contributed by atoms with Crippen molar-refractivity contribution in [3.05, 3.63) is 138 Å². The van der Waals surface area contributed by atoms with Crippen LogP contribution in [0.25, 0.3) is 0 Å². The van der Waals surface area contributed by atoms with Crippen LogP contribution in [-0.2, 0) is 11.2 Å². The number of rotatable bonds is 5. The van der Waals surface area contributed by atoms with Gasteiger partial charge in [0.05, 0.1) is 12.0 Å². The summed E-state index contributed by atoms with van der Waals surface area (Å²) in [5, 5.41) is 0. The van der Waals surface area contributed by atoms with Crippen LogP contribution in [0.5, 0.6) is 0 Å². The predicted octanol–water partition coefficient (Wildman–Crippen LogP) is 6.15. The van der Waals surface area contributed by atoms with Gasteiger partial charge in [-0.15, -0.1) is 0 Å². The van der Waals surface area contributed by atoms with Gasteiger partial charge in [0.2, 0.25) is 5.91 Å². The van der Waals surface area contributed by atoms with Crippen molar-refractivity contribution in [1.29, 1.82) is 0 Å². The molecule has 0 spiro atoms. The van der Waals surface area contributed by atoms with E-state index in [0.29, 0.717) is 6.42 Å². The van der Waals surface area contributed by atoms with E-state index in [1.165, 1.54) is 5.56 Å². The maximum atomic E-state index is 13.9. The minimum absolute atomic E-state index is 0.151. The van der Waals surface area contributed by atoms with Crippen molar-refractivity contribution in [2.45, 2.75) is 18.4 Å². The van der Waals surface area contributed by atoms with Crippen LogP contribution in [0, 0.1) is 0 Å². The Kier molecular flexibility index (Phi) is 4.90. The molecule has 1 aliphatic rings. The van der Waals surface area contributed by atoms with Gasteiger partial charge in [-0.3, -0.25) is 9.69 Å². The Morgan fingerprint density at radius 1 is 0.633 bits per heavy atom. The van der Waals surface area contributed by atoms with E-state index in [9.17, 15) is 4.79 Å². The summed E-state index contributed by atoms with van der Waals surface area (Å²) in [6, 6.07) is 39.0. The maximum absolute atomic E-state index is 13.9. The Labute approximate surface area is 177 Å². The zero-order chi connectivity index (χ0) is 20.3. The van der Waals surface area contributed by atoms with E-state index in [-0.39, 0.29) is 17.9 Å². The van der Waals surface area contributed by atoms with Crippen LogP contribution < -0.4 is 4.90 Å². The fourth-order valence-corrected chi connectivity index (χ4v) is 4.50. The number of para-hydroxylation sites is 1. The largest absolute Gasteiger partial charge is 0.300 e. The van der Waals surface area contributed by atoms with E-state index < -0.39 is 0 Å². The van der Waals surface area contributed by atoms with Crippen molar-refractivity contribution in [3.63, 3.8) is 0 Å². The third-order valence-corrected chi connectivity index (χ3v) is 5.88. The van der Waals surface area contributed by atoms with Gasteiger partial charge in [-0.25, -0.2) is 0 Å². The van der Waals surface area contributed by atoms with Crippen molar-refractivity contribution in [2.75, 3.05) is 4.90 Å². The predicted molar refractivity (Wildman–Crippen MR) is 122 cm³/mol. The van der Waals surface area contributed by atoms with Crippen LogP contribution in [0.15, 0.2) is 115 Å². The van der Waals surface area contributed by atoms with Gasteiger partial charge >= 0.3 is 0 Å². The number of nitrogens with zero attached hydrogens (tertiary/aromatic N) is 1. The molecule has 1 atom stereocenters. The SMILES string of the molecule is O=C1[C@H](Cc2ccccc2)c2ccccc2N1C(c1ccccc1)c1ccccc1. The summed E-state index contributed by atoms with van der Waals surface area (Å²) in [5.41, 5.74) is 5.55. The van der Waals surface area contributed by atoms with Crippen LogP contribution in [0.3, 0.4) is 0 Å². The minimum Gasteiger partial charge on any atom is -0.300 e. The molecule has 0 aromatic heterocycles. The molecule has 0 radical (unpaired) electrons. The summed E-state index contributed by atoms with van der Waals surface area (Å²) in [6.07, 6.45) is 0.712. The highest BCUT2D eigenvalue weighted by atomic mass is 16.2. The van der Waals surface area contributed by atoms with Gasteiger partial charge < -0.3 is 0 Å². The van der Waals surface area contributed by atoms with Crippen LogP contribution in [-0.4, -0.2) is 5.91 Å². The van der Waals surface area contributed by atoms with E-state index in [4.69, 9.17) is 0 Å². The van der Waals surface area contributed by atoms with Gasteiger partial charge in [-0.2, -0.15) is 0 Å². The first-order valence-electron chi connectivity index (χ1n) is 10.4. The lowest BCUT2D eigenvalue weighted by Gasteiger charge is -2.30. The molecule has 0 saturated heterocycles. The van der Waals surface area contributed by atoms with E-state index in [0.717, 1.165) is 22.4 Å². The highest BCUT2D eigenvalue weighted by Gasteiger charge is 2.41. The average molecular weight is 389 g/mol. The Hall–Kier alpha value is -3.65. The molecule has 1 aliphatic heterocycles. The van der Waals surface area contributed by atoms with E-state index >= 15 is 0 Å². The number of amides is 1. The molecule has 2 heteroatoms. The second-order valence-electron chi connectivity index (χ2n) is 7.73. The molecule has 1 amide bonds. The molecule has 1 heterocycles. The number of hydrogen-bond acceptors (Lipinski definition) is 1. The lowest BCUT2D eigenvalue weighted by atomic mass is 9.93. The fraction of sp³-hybridized carbons (Fsp3) is 0.107. The first-order valence-corrected chi connectivity index (χ1v) is 10.4. The first kappa shape index (κ1) is 18.4. The molecule has 0 bridgehead atoms. The minimum atomic E-state index is -0.168. The maximum Gasteiger partial charge on any atom is 0.235 e. The van der Waals surface area contributed by atoms with Gasteiger partial charge in [0, 0.05) is 5.69 Å². The van der Waals surface area contributed by atoms with Gasteiger partial charge in [0.25, 0.3) is 0 Å². The van der Waals surface area contributed by atoms with Crippen molar-refractivity contribution in [3.8, 4) is 0 Å². The first-order chi connectivity index (χ1) is 14.8. The molecule has 2 nitrogen and oxygen atoms in total. The number of carbonyl (C=O) groups is 1. The summed E-state index contributed by atoms with van der Waals surface area (Å²) in [7, 11) is 0. The summed E-state index contributed by atoms with van der Waals surface area (Å²) in [6.45, 7) is 0. The Morgan fingerprint density at radius 3 is 1.73 bits per heavy atom. The molecule has 0 N–H and O–H groups in total. The van der Waals surface area contributed by atoms with E-state index in [1.807, 2.05) is 71.6 Å². The van der Waals surface area contributed by atoms with Crippen LogP contribution in [0.1, 0.15) is 34.2 Å². The molecule has 0 unspecified atom stereocenters. The highest BCUT2D eigenvalue weighted by Crippen LogP contribution is 2.45. The summed E-state index contributed by atoms with van der Waals surface area (Å²) in [5.74, 6) is -0.00344. The van der Waals surface area contributed by atoms with E-state index in [2.05, 4.69) is 48.5 Å². The second-order valence-corrected chi connectivity index (χ2v) is 7.73. The van der Waals surface area contributed by atoms with Crippen molar-refractivity contribution in [1.82, 2.24) is 0 Å². The topological polar surface area (TPSA) is 20.3 Å². The third kappa shape index (κ3) is 3.31. The van der Waals surface area contributed by atoms with Gasteiger partial charge in [0.15, 0.2) is 0 Å². The molecule has 30 heavy (non-hydrogen) atoms. The summed E-state index contributed by atoms with van der Waals surface area (Å²) >= 11 is 0. The molecule has 4 aromatic carbocycles. The zero-order valence-corrected chi connectivity index (χ0v) is 16.7. The third-order valence-electron chi connectivity index (χ3n) is 5.88. The molecule has 0 aliphatic carbocycles. The quantitative estimate of drug-likeness (QED) is 0.401. The highest BCUT2D eigenvalue weighted by molar-refractivity contribution is 6.06. The lowest BCUT2D eigenvalue weighted by molar-refractivity contribution is -0.119. The molecule has 0 fully saturated rings. The van der Waals surface area contributed by atoms with Gasteiger partial charge in [-0.05, 0) is 34.7 Å². The molecular weight excluding hydrogens is 366 g/mol. The van der Waals surface area contributed by atoms with Gasteiger partial charge in [-0.1, -0.05) is 109 Å². The van der Waals surface area contributed by atoms with E-state index in [1.54, 1.807) is 0 Å². The zero-order valence-electron chi connectivity index (χ0n) is 16.7. The van der Waals surface area contributed by atoms with Crippen LogP contribution >= 0.6 is 0 Å². The number of hydrogen-bond donors (Lipinski definition) is 0. The number of carbonyl (C=O) groups excluding carboxylic acids is 1. The van der Waals surface area contributed by atoms with Crippen molar-refractivity contribution >= 4 is 11.6 Å². The standard InChI is InChI=1S/C28H23NO/c30-28-25(20-21-12-4-1-5-13-21)24-18-10-11-19-26(24)29(28)27(22-14-6-2-7-15-22)23-16-8-3-9-17-23/h1-19,25,27H,20H2/t25-/m1/s1. The fourth-order valence-electron chi connectivity index (χ4n) is 4.50. The monoisotopic (exact) mass is 389 g/mol. The number of benzene rings is 4. The van der Waals surface area contributed by atoms with Crippen LogP contribution in [0.2, 0.25) is 0 Å². The molecule has 5 rings (SSSR count). The average Bonchev–Trinajstić information content (AvgIpc) is 3.08. The Bertz CT molecular complexity index is 1100. The number of fused-ring (bicyclic) bond motifs is 1. The molecule has 0 saturated carbocycles. The summed E-state index contributed by atoms with van der Waals surface area (Å²) in [4.78, 5) is 15.9. The van der Waals surface area contributed by atoms with Crippen LogP contribution in [0.4, 0.5) is 5.69 Å². The molecule has 146 valence electrons. The molecular formula is C28H23NO. The Morgan fingerprint density at radius 2 is 1.13 bits per heavy atom. The normalized spacial score (nSPS) is 15.4. The van der Waals surface area contributed by atoms with Gasteiger partial charge in [0.1, 0.15) is 0 Å². The summed E-state index contributed by atoms with van der Waals surface area (Å²) < 4.78 is 0. The smallest absolute Gasteiger partial charge is 0.235 e. The molecule has 4 aromatic rings. The second kappa shape index (κ2) is 8.00. The van der Waals surface area contributed by atoms with Crippen molar-refractivity contribution in [2.24, 2.45) is 0 Å².